The quantitative estimate of drug-likeness (QED) is 0.266. The van der Waals surface area contributed by atoms with Crippen LogP contribution in [0, 0.1) is 10.1 Å². The largest absolute Gasteiger partial charge is 0.310 e. The van der Waals surface area contributed by atoms with Crippen LogP contribution in [0.3, 0.4) is 0 Å². The van der Waals surface area contributed by atoms with Crippen molar-refractivity contribution < 1.29 is 9.72 Å². The number of aromatic nitrogens is 2. The number of non-ortho nitro benzene ring substituents is 1. The van der Waals surface area contributed by atoms with Crippen molar-refractivity contribution in [3.8, 4) is 0 Å². The average molecular weight is 443 g/mol. The predicted molar refractivity (Wildman–Crippen MR) is 114 cm³/mol. The molecule has 30 heavy (non-hydrogen) atoms. The molecule has 1 unspecified atom stereocenters. The Morgan fingerprint density at radius 2 is 1.97 bits per heavy atom. The number of nitro groups is 1. The second-order valence-corrected chi connectivity index (χ2v) is 8.11. The fourth-order valence-corrected chi connectivity index (χ4v) is 4.33. The van der Waals surface area contributed by atoms with E-state index in [0.29, 0.717) is 27.1 Å². The van der Waals surface area contributed by atoms with Gasteiger partial charge in [-0.2, -0.15) is 0 Å². The van der Waals surface area contributed by atoms with Crippen molar-refractivity contribution in [2.45, 2.75) is 23.2 Å². The third-order valence-electron chi connectivity index (χ3n) is 4.70. The standard InChI is InChI=1S/C20H15ClN4O4S/c21-13-3-1-2-11(8-13)10-30-20-23-18-17(19(27)24-20)15(9-16(26)22-18)12-4-6-14(7-5-12)25(28)29/h1-8,15H,9-10H2,(H2,22,23,24,26,27). The summed E-state index contributed by atoms with van der Waals surface area (Å²) in [6, 6.07) is 13.2. The van der Waals surface area contributed by atoms with E-state index in [0.717, 1.165) is 5.56 Å². The first-order valence-electron chi connectivity index (χ1n) is 8.96. The monoisotopic (exact) mass is 442 g/mol. The number of nitro benzene ring substituents is 1. The second kappa shape index (κ2) is 8.29. The normalized spacial score (nSPS) is 15.4. The Balaban J connectivity index is 1.64. The molecular formula is C20H15ClN4O4S. The van der Waals surface area contributed by atoms with E-state index in [1.807, 2.05) is 18.2 Å². The Hall–Kier alpha value is -3.17. The molecular weight excluding hydrogens is 428 g/mol. The molecule has 0 radical (unpaired) electrons. The third-order valence-corrected chi connectivity index (χ3v) is 5.88. The van der Waals surface area contributed by atoms with Crippen LogP contribution in [0.4, 0.5) is 11.5 Å². The minimum atomic E-state index is -0.530. The summed E-state index contributed by atoms with van der Waals surface area (Å²) in [7, 11) is 0. The maximum Gasteiger partial charge on any atom is 0.269 e. The van der Waals surface area contributed by atoms with Crippen molar-refractivity contribution in [2.75, 3.05) is 5.32 Å². The lowest BCUT2D eigenvalue weighted by Gasteiger charge is -2.24. The number of amides is 1. The van der Waals surface area contributed by atoms with Crippen LogP contribution in [-0.2, 0) is 10.5 Å². The van der Waals surface area contributed by atoms with Crippen LogP contribution in [-0.4, -0.2) is 20.8 Å². The van der Waals surface area contributed by atoms with Gasteiger partial charge in [-0.15, -0.1) is 0 Å². The molecule has 2 N–H and O–H groups in total. The van der Waals surface area contributed by atoms with E-state index in [9.17, 15) is 19.7 Å². The number of nitrogens with one attached hydrogen (secondary N) is 2. The van der Waals surface area contributed by atoms with Gasteiger partial charge < -0.3 is 10.3 Å². The average Bonchev–Trinajstić information content (AvgIpc) is 2.71. The molecule has 4 rings (SSSR count). The molecule has 0 saturated heterocycles. The highest BCUT2D eigenvalue weighted by Gasteiger charge is 2.31. The van der Waals surface area contributed by atoms with Gasteiger partial charge in [-0.25, -0.2) is 4.98 Å². The molecule has 0 spiro atoms. The molecule has 1 atom stereocenters. The minimum Gasteiger partial charge on any atom is -0.310 e. The zero-order chi connectivity index (χ0) is 21.3. The summed E-state index contributed by atoms with van der Waals surface area (Å²) in [4.78, 5) is 42.6. The molecule has 2 heterocycles. The lowest BCUT2D eigenvalue weighted by atomic mass is 9.87. The van der Waals surface area contributed by atoms with Gasteiger partial charge in [0.25, 0.3) is 11.2 Å². The zero-order valence-corrected chi connectivity index (χ0v) is 17.0. The molecule has 0 saturated carbocycles. The number of hydrogen-bond acceptors (Lipinski definition) is 6. The van der Waals surface area contributed by atoms with Gasteiger partial charge in [-0.1, -0.05) is 47.6 Å². The Kier molecular flexibility index (Phi) is 5.56. The molecule has 1 aliphatic rings. The highest BCUT2D eigenvalue weighted by Crippen LogP contribution is 2.35. The van der Waals surface area contributed by atoms with E-state index in [1.165, 1.54) is 23.9 Å². The molecule has 152 valence electrons. The van der Waals surface area contributed by atoms with Gasteiger partial charge in [0, 0.05) is 35.2 Å². The molecule has 1 aromatic heterocycles. The molecule has 10 heteroatoms. The zero-order valence-electron chi connectivity index (χ0n) is 15.4. The van der Waals surface area contributed by atoms with Crippen LogP contribution in [0.1, 0.15) is 29.0 Å². The lowest BCUT2D eigenvalue weighted by Crippen LogP contribution is -2.31. The van der Waals surface area contributed by atoms with E-state index >= 15 is 0 Å². The number of carbonyl (C=O) groups is 1. The van der Waals surface area contributed by atoms with E-state index in [4.69, 9.17) is 11.6 Å². The van der Waals surface area contributed by atoms with E-state index in [2.05, 4.69) is 15.3 Å². The number of hydrogen-bond donors (Lipinski definition) is 2. The molecule has 0 bridgehead atoms. The molecule has 1 amide bonds. The number of anilines is 1. The van der Waals surface area contributed by atoms with Crippen molar-refractivity contribution in [1.82, 2.24) is 9.97 Å². The van der Waals surface area contributed by atoms with Gasteiger partial charge in [-0.05, 0) is 23.3 Å². The summed E-state index contributed by atoms with van der Waals surface area (Å²) in [6.45, 7) is 0. The fourth-order valence-electron chi connectivity index (χ4n) is 3.31. The highest BCUT2D eigenvalue weighted by atomic mass is 35.5. The Bertz CT molecular complexity index is 1200. The number of H-pyrrole nitrogens is 1. The first-order valence-corrected chi connectivity index (χ1v) is 10.3. The number of nitrogens with zero attached hydrogens (tertiary/aromatic N) is 2. The number of fused-ring (bicyclic) bond motifs is 1. The summed E-state index contributed by atoms with van der Waals surface area (Å²) < 4.78 is 0. The van der Waals surface area contributed by atoms with Crippen molar-refractivity contribution in [2.24, 2.45) is 0 Å². The summed E-state index contributed by atoms with van der Waals surface area (Å²) in [5.41, 5.74) is 1.55. The Labute approximate surface area is 179 Å². The van der Waals surface area contributed by atoms with Crippen molar-refractivity contribution >= 4 is 40.8 Å². The number of aromatic amines is 1. The maximum atomic E-state index is 12.8. The predicted octanol–water partition coefficient (Wildman–Crippen LogP) is 4.10. The second-order valence-electron chi connectivity index (χ2n) is 6.71. The molecule has 8 nitrogen and oxygen atoms in total. The van der Waals surface area contributed by atoms with Crippen LogP contribution in [0.5, 0.6) is 0 Å². The number of benzene rings is 2. The van der Waals surface area contributed by atoms with Crippen molar-refractivity contribution in [1.29, 1.82) is 0 Å². The van der Waals surface area contributed by atoms with Gasteiger partial charge >= 0.3 is 0 Å². The van der Waals surface area contributed by atoms with Crippen molar-refractivity contribution in [3.05, 3.63) is 90.7 Å². The van der Waals surface area contributed by atoms with Crippen LogP contribution >= 0.6 is 23.4 Å². The van der Waals surface area contributed by atoms with Gasteiger partial charge in [0.05, 0.1) is 10.5 Å². The molecule has 2 aromatic carbocycles. The van der Waals surface area contributed by atoms with E-state index in [1.54, 1.807) is 18.2 Å². The van der Waals surface area contributed by atoms with Crippen LogP contribution in [0.15, 0.2) is 58.5 Å². The fraction of sp³-hybridized carbons (Fsp3) is 0.150. The van der Waals surface area contributed by atoms with Crippen LogP contribution < -0.4 is 10.9 Å². The van der Waals surface area contributed by atoms with E-state index in [-0.39, 0.29) is 29.4 Å². The molecule has 0 fully saturated rings. The van der Waals surface area contributed by atoms with Gasteiger partial charge in [-0.3, -0.25) is 19.7 Å². The molecule has 0 aliphatic carbocycles. The smallest absolute Gasteiger partial charge is 0.269 e. The summed E-state index contributed by atoms with van der Waals surface area (Å²) >= 11 is 7.32. The van der Waals surface area contributed by atoms with Crippen LogP contribution in [0.25, 0.3) is 0 Å². The van der Waals surface area contributed by atoms with Gasteiger partial charge in [0.15, 0.2) is 5.16 Å². The SMILES string of the molecule is O=C1CC(c2ccc([N+](=O)[O-])cc2)c2c(nc(SCc3cccc(Cl)c3)[nH]c2=O)N1. The Morgan fingerprint density at radius 1 is 1.20 bits per heavy atom. The molecule has 1 aliphatic heterocycles. The maximum absolute atomic E-state index is 12.8. The van der Waals surface area contributed by atoms with Crippen molar-refractivity contribution in [3.63, 3.8) is 0 Å². The highest BCUT2D eigenvalue weighted by molar-refractivity contribution is 7.98. The molecule has 3 aromatic rings. The number of rotatable bonds is 5. The first-order chi connectivity index (χ1) is 14.4. The van der Waals surface area contributed by atoms with Gasteiger partial charge in [0.2, 0.25) is 5.91 Å². The third kappa shape index (κ3) is 4.22. The number of halogens is 1. The summed E-state index contributed by atoms with van der Waals surface area (Å²) in [5, 5.41) is 14.5. The van der Waals surface area contributed by atoms with E-state index < -0.39 is 10.8 Å². The van der Waals surface area contributed by atoms with Crippen LogP contribution in [0.2, 0.25) is 5.02 Å². The summed E-state index contributed by atoms with van der Waals surface area (Å²) in [6.07, 6.45) is 0.0601. The minimum absolute atomic E-state index is 0.0565. The summed E-state index contributed by atoms with van der Waals surface area (Å²) in [5.74, 6) is -0.0402. The lowest BCUT2D eigenvalue weighted by molar-refractivity contribution is -0.384. The topological polar surface area (TPSA) is 118 Å². The van der Waals surface area contributed by atoms with Gasteiger partial charge in [0.1, 0.15) is 5.82 Å². The Morgan fingerprint density at radius 3 is 2.67 bits per heavy atom. The number of thioether (sulfide) groups is 1. The first kappa shape index (κ1) is 20.1. The number of carbonyl (C=O) groups excluding carboxylic acids is 1.